The van der Waals surface area contributed by atoms with Crippen LogP contribution in [0.25, 0.3) is 0 Å². The van der Waals surface area contributed by atoms with Crippen LogP contribution in [0.1, 0.15) is 40.7 Å². The minimum atomic E-state index is -5.05. The van der Waals surface area contributed by atoms with Crippen molar-refractivity contribution >= 4 is 18.3 Å². The zero-order chi connectivity index (χ0) is 18.4. The van der Waals surface area contributed by atoms with Crippen LogP contribution in [0.4, 0.5) is 26.3 Å². The van der Waals surface area contributed by atoms with Gasteiger partial charge in [0, 0.05) is 25.2 Å². The van der Waals surface area contributed by atoms with Gasteiger partial charge in [-0.25, -0.2) is 0 Å². The Bertz CT molecular complexity index is 676. The fourth-order valence-corrected chi connectivity index (χ4v) is 3.44. The van der Waals surface area contributed by atoms with Crippen molar-refractivity contribution in [2.24, 2.45) is 0 Å². The summed E-state index contributed by atoms with van der Waals surface area (Å²) in [5, 5.41) is 3.30. The Hall–Kier alpha value is -1.48. The topological polar surface area (TPSA) is 32.3 Å². The number of nitrogens with zero attached hydrogens (tertiary/aromatic N) is 1. The van der Waals surface area contributed by atoms with Crippen LogP contribution in [0.5, 0.6) is 0 Å². The van der Waals surface area contributed by atoms with Gasteiger partial charge in [-0.05, 0) is 37.5 Å². The molecule has 2 bridgehead atoms. The van der Waals surface area contributed by atoms with Crippen LogP contribution in [0.3, 0.4) is 0 Å². The fourth-order valence-electron chi connectivity index (χ4n) is 3.44. The van der Waals surface area contributed by atoms with Gasteiger partial charge in [-0.15, -0.1) is 12.4 Å². The van der Waals surface area contributed by atoms with Crippen LogP contribution in [-0.4, -0.2) is 36.0 Å². The Morgan fingerprint density at radius 3 is 2.27 bits per heavy atom. The lowest BCUT2D eigenvalue weighted by Crippen LogP contribution is -2.39. The van der Waals surface area contributed by atoms with Crippen molar-refractivity contribution in [1.29, 1.82) is 0 Å². The molecule has 1 aromatic carbocycles. The van der Waals surface area contributed by atoms with Gasteiger partial charge < -0.3 is 10.2 Å². The van der Waals surface area contributed by atoms with E-state index in [1.54, 1.807) is 0 Å². The van der Waals surface area contributed by atoms with Crippen LogP contribution in [0.15, 0.2) is 18.2 Å². The summed E-state index contributed by atoms with van der Waals surface area (Å²) < 4.78 is 77.9. The predicted octanol–water partition coefficient (Wildman–Crippen LogP) is 4.11. The second-order valence-electron chi connectivity index (χ2n) is 6.43. The Morgan fingerprint density at radius 1 is 1.00 bits per heavy atom. The molecule has 146 valence electrons. The maximum atomic E-state index is 13.2. The Labute approximate surface area is 152 Å². The first-order valence-corrected chi connectivity index (χ1v) is 7.89. The van der Waals surface area contributed by atoms with Crippen molar-refractivity contribution in [2.75, 3.05) is 13.1 Å². The van der Waals surface area contributed by atoms with Crippen LogP contribution in [-0.2, 0) is 12.4 Å². The summed E-state index contributed by atoms with van der Waals surface area (Å²) in [5.74, 6) is -0.879. The molecule has 2 aliphatic rings. The quantitative estimate of drug-likeness (QED) is 0.717. The van der Waals surface area contributed by atoms with E-state index in [0.717, 1.165) is 12.8 Å². The highest BCUT2D eigenvalue weighted by atomic mass is 35.5. The lowest BCUT2D eigenvalue weighted by molar-refractivity contribution is -0.143. The summed E-state index contributed by atoms with van der Waals surface area (Å²) in [5.41, 5.74) is -3.71. The Morgan fingerprint density at radius 2 is 1.65 bits per heavy atom. The lowest BCUT2D eigenvalue weighted by Gasteiger charge is -2.26. The first-order valence-electron chi connectivity index (χ1n) is 7.89. The third-order valence-electron chi connectivity index (χ3n) is 4.69. The minimum absolute atomic E-state index is 0. The van der Waals surface area contributed by atoms with E-state index in [1.807, 2.05) is 0 Å². The summed E-state index contributed by atoms with van der Waals surface area (Å²) in [7, 11) is 0. The molecular formula is C16H17ClF6N2O. The first-order chi connectivity index (χ1) is 11.6. The molecular weight excluding hydrogens is 386 g/mol. The molecule has 1 amide bonds. The maximum Gasteiger partial charge on any atom is 0.417 e. The Kier molecular flexibility index (Phi) is 5.82. The van der Waals surface area contributed by atoms with Gasteiger partial charge >= 0.3 is 12.4 Å². The molecule has 0 aromatic heterocycles. The summed E-state index contributed by atoms with van der Waals surface area (Å²) in [4.78, 5) is 13.9. The highest BCUT2D eigenvalue weighted by Crippen LogP contribution is 2.38. The Balaban J connectivity index is 0.00000243. The summed E-state index contributed by atoms with van der Waals surface area (Å²) >= 11 is 0. The zero-order valence-corrected chi connectivity index (χ0v) is 14.3. The number of rotatable bonds is 1. The first kappa shape index (κ1) is 20.8. The molecule has 0 spiro atoms. The van der Waals surface area contributed by atoms with Gasteiger partial charge in [-0.3, -0.25) is 4.79 Å². The number of likely N-dealkylation sites (tertiary alicyclic amines) is 1. The summed E-state index contributed by atoms with van der Waals surface area (Å²) in [6, 6.07) is 1.41. The zero-order valence-electron chi connectivity index (χ0n) is 13.5. The number of amides is 1. The van der Waals surface area contributed by atoms with Crippen molar-refractivity contribution < 1.29 is 31.1 Å². The molecule has 2 saturated heterocycles. The van der Waals surface area contributed by atoms with Gasteiger partial charge in [-0.1, -0.05) is 0 Å². The van der Waals surface area contributed by atoms with Crippen molar-refractivity contribution in [2.45, 2.75) is 43.7 Å². The summed E-state index contributed by atoms with van der Waals surface area (Å²) in [6.45, 7) is 0.541. The molecule has 0 unspecified atom stereocenters. The van der Waals surface area contributed by atoms with Gasteiger partial charge in [0.25, 0.3) is 5.91 Å². The van der Waals surface area contributed by atoms with E-state index in [4.69, 9.17) is 0 Å². The number of carbonyl (C=O) groups is 1. The van der Waals surface area contributed by atoms with E-state index >= 15 is 0 Å². The van der Waals surface area contributed by atoms with Crippen LogP contribution < -0.4 is 5.32 Å². The molecule has 2 atom stereocenters. The van der Waals surface area contributed by atoms with Gasteiger partial charge in [-0.2, -0.15) is 26.3 Å². The average molecular weight is 403 g/mol. The SMILES string of the molecule is Cl.O=C(c1ccc(C(F)(F)F)cc1C(F)(F)F)N1CC[C@H]2CC[C@@H](C1)N2. The number of hydrogen-bond acceptors (Lipinski definition) is 2. The van der Waals surface area contributed by atoms with Crippen molar-refractivity contribution in [3.8, 4) is 0 Å². The number of benzene rings is 1. The molecule has 3 rings (SSSR count). The van der Waals surface area contributed by atoms with Gasteiger partial charge in [0.1, 0.15) is 0 Å². The van der Waals surface area contributed by atoms with E-state index in [0.29, 0.717) is 18.6 Å². The third-order valence-corrected chi connectivity index (χ3v) is 4.69. The molecule has 2 fully saturated rings. The van der Waals surface area contributed by atoms with Gasteiger partial charge in [0.2, 0.25) is 0 Å². The molecule has 0 aliphatic carbocycles. The standard InChI is InChI=1S/C16H16F6N2O.ClH/c17-15(18,19)9-1-4-12(13(7-9)16(20,21)22)14(25)24-6-5-10-2-3-11(8-24)23-10;/h1,4,7,10-11,23H,2-3,5-6,8H2;1H/t10-,11+;/m1./s1. The smallest absolute Gasteiger partial charge is 0.337 e. The van der Waals surface area contributed by atoms with E-state index in [9.17, 15) is 31.1 Å². The number of alkyl halides is 6. The second kappa shape index (κ2) is 7.26. The number of fused-ring (bicyclic) bond motifs is 2. The molecule has 2 aliphatic heterocycles. The van der Waals surface area contributed by atoms with Crippen molar-refractivity contribution in [3.05, 3.63) is 34.9 Å². The molecule has 3 nitrogen and oxygen atoms in total. The molecule has 1 N–H and O–H groups in total. The maximum absolute atomic E-state index is 13.2. The lowest BCUT2D eigenvalue weighted by atomic mass is 10.0. The number of carbonyl (C=O) groups excluding carboxylic acids is 1. The van der Waals surface area contributed by atoms with Crippen molar-refractivity contribution in [1.82, 2.24) is 10.2 Å². The number of hydrogen-bond donors (Lipinski definition) is 1. The number of halogens is 7. The largest absolute Gasteiger partial charge is 0.417 e. The van der Waals surface area contributed by atoms with E-state index < -0.39 is 35.0 Å². The average Bonchev–Trinajstić information content (AvgIpc) is 2.83. The van der Waals surface area contributed by atoms with E-state index in [2.05, 4.69) is 5.32 Å². The highest BCUT2D eigenvalue weighted by molar-refractivity contribution is 5.96. The molecule has 2 heterocycles. The molecule has 0 radical (unpaired) electrons. The molecule has 0 saturated carbocycles. The highest BCUT2D eigenvalue weighted by Gasteiger charge is 2.41. The minimum Gasteiger partial charge on any atom is -0.337 e. The van der Waals surface area contributed by atoms with E-state index in [-0.39, 0.29) is 43.6 Å². The fraction of sp³-hybridized carbons (Fsp3) is 0.562. The van der Waals surface area contributed by atoms with Crippen LogP contribution >= 0.6 is 12.4 Å². The normalized spacial score (nSPS) is 23.4. The molecule has 10 heteroatoms. The second-order valence-corrected chi connectivity index (χ2v) is 6.43. The van der Waals surface area contributed by atoms with E-state index in [1.165, 1.54) is 4.90 Å². The van der Waals surface area contributed by atoms with Crippen LogP contribution in [0, 0.1) is 0 Å². The van der Waals surface area contributed by atoms with Crippen molar-refractivity contribution in [3.63, 3.8) is 0 Å². The third kappa shape index (κ3) is 4.25. The van der Waals surface area contributed by atoms with Crippen LogP contribution in [0.2, 0.25) is 0 Å². The molecule has 26 heavy (non-hydrogen) atoms. The monoisotopic (exact) mass is 402 g/mol. The number of nitrogens with one attached hydrogen (secondary N) is 1. The summed E-state index contributed by atoms with van der Waals surface area (Å²) in [6.07, 6.45) is -7.55. The van der Waals surface area contributed by atoms with Gasteiger partial charge in [0.05, 0.1) is 16.7 Å². The predicted molar refractivity (Wildman–Crippen MR) is 84.2 cm³/mol. The van der Waals surface area contributed by atoms with Gasteiger partial charge in [0.15, 0.2) is 0 Å². The molecule has 1 aromatic rings.